The van der Waals surface area contributed by atoms with Crippen molar-refractivity contribution in [2.24, 2.45) is 0 Å². The molecule has 0 aliphatic rings. The molecule has 1 unspecified atom stereocenters. The van der Waals surface area contributed by atoms with E-state index in [1.807, 2.05) is 12.3 Å². The van der Waals surface area contributed by atoms with E-state index in [9.17, 15) is 0 Å². The van der Waals surface area contributed by atoms with Crippen molar-refractivity contribution in [2.45, 2.75) is 46.2 Å². The van der Waals surface area contributed by atoms with Crippen LogP contribution in [0.5, 0.6) is 0 Å². The van der Waals surface area contributed by atoms with Crippen LogP contribution in [0.2, 0.25) is 0 Å². The van der Waals surface area contributed by atoms with Gasteiger partial charge in [0.15, 0.2) is 0 Å². The third-order valence-corrected chi connectivity index (χ3v) is 3.67. The fourth-order valence-corrected chi connectivity index (χ4v) is 2.44. The molecule has 3 heteroatoms. The van der Waals surface area contributed by atoms with E-state index < -0.39 is 0 Å². The van der Waals surface area contributed by atoms with Gasteiger partial charge in [0.05, 0.1) is 12.2 Å². The molecule has 3 nitrogen and oxygen atoms in total. The molecule has 0 saturated heterocycles. The van der Waals surface area contributed by atoms with Gasteiger partial charge in [0.1, 0.15) is 0 Å². The Morgan fingerprint density at radius 3 is 2.85 bits per heavy atom. The second kappa shape index (κ2) is 7.25. The Balaban J connectivity index is 2.06. The average molecular weight is 271 g/mol. The molecule has 0 aromatic carbocycles. The lowest BCUT2D eigenvalue weighted by Gasteiger charge is -2.15. The predicted molar refractivity (Wildman–Crippen MR) is 83.8 cm³/mol. The van der Waals surface area contributed by atoms with Crippen molar-refractivity contribution in [3.8, 4) is 0 Å². The van der Waals surface area contributed by atoms with E-state index >= 15 is 0 Å². The van der Waals surface area contributed by atoms with Crippen LogP contribution < -0.4 is 5.32 Å². The molecular weight excluding hydrogens is 246 g/mol. The zero-order valence-corrected chi connectivity index (χ0v) is 12.8. The Labute approximate surface area is 122 Å². The Morgan fingerprint density at radius 2 is 2.15 bits per heavy atom. The summed E-state index contributed by atoms with van der Waals surface area (Å²) < 4.78 is 2.22. The van der Waals surface area contributed by atoms with E-state index in [0.29, 0.717) is 6.04 Å². The monoisotopic (exact) mass is 271 g/mol. The molecule has 2 aromatic rings. The second-order valence-corrected chi connectivity index (χ2v) is 5.30. The van der Waals surface area contributed by atoms with E-state index in [2.05, 4.69) is 60.2 Å². The summed E-state index contributed by atoms with van der Waals surface area (Å²) in [5.41, 5.74) is 3.76. The Kier molecular flexibility index (Phi) is 5.36. The molecule has 2 aromatic heterocycles. The summed E-state index contributed by atoms with van der Waals surface area (Å²) in [4.78, 5) is 4.46. The van der Waals surface area contributed by atoms with Crippen molar-refractivity contribution in [3.05, 3.63) is 53.6 Å². The highest BCUT2D eigenvalue weighted by atomic mass is 15.0. The smallest absolute Gasteiger partial charge is 0.0645 e. The molecule has 0 amide bonds. The number of aromatic nitrogens is 2. The van der Waals surface area contributed by atoms with Gasteiger partial charge in [-0.05, 0) is 49.6 Å². The summed E-state index contributed by atoms with van der Waals surface area (Å²) in [6.45, 7) is 8.46. The largest absolute Gasteiger partial charge is 0.348 e. The molecular formula is C17H25N3. The number of aryl methyl sites for hydroxylation is 1. The highest BCUT2D eigenvalue weighted by molar-refractivity contribution is 5.20. The first kappa shape index (κ1) is 14.8. The van der Waals surface area contributed by atoms with Crippen LogP contribution in [0.15, 0.2) is 36.8 Å². The quantitative estimate of drug-likeness (QED) is 0.832. The summed E-state index contributed by atoms with van der Waals surface area (Å²) >= 11 is 0. The van der Waals surface area contributed by atoms with Crippen molar-refractivity contribution in [1.29, 1.82) is 0 Å². The van der Waals surface area contributed by atoms with Gasteiger partial charge in [-0.2, -0.15) is 0 Å². The first-order valence-electron chi connectivity index (χ1n) is 7.54. The Hall–Kier alpha value is -1.61. The molecule has 0 fully saturated rings. The van der Waals surface area contributed by atoms with Gasteiger partial charge >= 0.3 is 0 Å². The van der Waals surface area contributed by atoms with Gasteiger partial charge in [-0.1, -0.05) is 19.9 Å². The predicted octanol–water partition coefficient (Wildman–Crippen LogP) is 3.69. The van der Waals surface area contributed by atoms with Gasteiger partial charge in [-0.25, -0.2) is 0 Å². The standard InChI is InChI=1S/C17H25N3/c1-4-9-18-16(5-2)15-8-11-20(12-15)13-17-14(3)7-6-10-19-17/h6-8,10-12,16,18H,4-5,9,13H2,1-3H3. The minimum absolute atomic E-state index is 0.459. The lowest BCUT2D eigenvalue weighted by molar-refractivity contribution is 0.517. The van der Waals surface area contributed by atoms with E-state index in [0.717, 1.165) is 25.2 Å². The zero-order chi connectivity index (χ0) is 14.4. The Morgan fingerprint density at radius 1 is 1.30 bits per heavy atom. The van der Waals surface area contributed by atoms with Crippen LogP contribution in [-0.4, -0.2) is 16.1 Å². The average Bonchev–Trinajstić information content (AvgIpc) is 2.91. The molecule has 0 saturated carbocycles. The molecule has 1 atom stereocenters. The molecule has 0 aliphatic heterocycles. The van der Waals surface area contributed by atoms with Gasteiger partial charge in [0.25, 0.3) is 0 Å². The lowest BCUT2D eigenvalue weighted by Crippen LogP contribution is -2.21. The third-order valence-electron chi connectivity index (χ3n) is 3.67. The van der Waals surface area contributed by atoms with E-state index in [1.54, 1.807) is 0 Å². The number of nitrogens with one attached hydrogen (secondary N) is 1. The van der Waals surface area contributed by atoms with Crippen molar-refractivity contribution >= 4 is 0 Å². The fraction of sp³-hybridized carbons (Fsp3) is 0.471. The highest BCUT2D eigenvalue weighted by Crippen LogP contribution is 2.18. The fourth-order valence-electron chi connectivity index (χ4n) is 2.44. The maximum Gasteiger partial charge on any atom is 0.0645 e. The summed E-state index contributed by atoms with van der Waals surface area (Å²) in [5, 5.41) is 3.59. The minimum atomic E-state index is 0.459. The van der Waals surface area contributed by atoms with Crippen LogP contribution >= 0.6 is 0 Å². The summed E-state index contributed by atoms with van der Waals surface area (Å²) in [6, 6.07) is 6.78. The second-order valence-electron chi connectivity index (χ2n) is 5.30. The number of hydrogen-bond donors (Lipinski definition) is 1. The normalized spacial score (nSPS) is 12.6. The third kappa shape index (κ3) is 3.70. The first-order valence-corrected chi connectivity index (χ1v) is 7.54. The van der Waals surface area contributed by atoms with Crippen LogP contribution in [0.25, 0.3) is 0 Å². The maximum absolute atomic E-state index is 4.46. The van der Waals surface area contributed by atoms with Crippen LogP contribution in [0.3, 0.4) is 0 Å². The van der Waals surface area contributed by atoms with Gasteiger partial charge in [0.2, 0.25) is 0 Å². The summed E-state index contributed by atoms with van der Waals surface area (Å²) in [5.74, 6) is 0. The Bertz CT molecular complexity index is 531. The van der Waals surface area contributed by atoms with Crippen LogP contribution in [0.4, 0.5) is 0 Å². The zero-order valence-electron chi connectivity index (χ0n) is 12.8. The summed E-state index contributed by atoms with van der Waals surface area (Å²) in [6.07, 6.45) is 8.55. The number of nitrogens with zero attached hydrogens (tertiary/aromatic N) is 2. The lowest BCUT2D eigenvalue weighted by atomic mass is 10.1. The first-order chi connectivity index (χ1) is 9.74. The molecule has 20 heavy (non-hydrogen) atoms. The molecule has 1 N–H and O–H groups in total. The molecule has 2 heterocycles. The SMILES string of the molecule is CCCNC(CC)c1ccn(Cc2ncccc2C)c1. The van der Waals surface area contributed by atoms with Crippen LogP contribution in [0.1, 0.15) is 49.6 Å². The maximum atomic E-state index is 4.46. The molecule has 0 spiro atoms. The van der Waals surface area contributed by atoms with E-state index in [1.165, 1.54) is 17.5 Å². The number of rotatable bonds is 7. The molecule has 2 rings (SSSR count). The highest BCUT2D eigenvalue weighted by Gasteiger charge is 2.10. The molecule has 0 bridgehead atoms. The van der Waals surface area contributed by atoms with Crippen molar-refractivity contribution < 1.29 is 0 Å². The van der Waals surface area contributed by atoms with Crippen molar-refractivity contribution in [1.82, 2.24) is 14.9 Å². The van der Waals surface area contributed by atoms with Crippen molar-refractivity contribution in [2.75, 3.05) is 6.54 Å². The van der Waals surface area contributed by atoms with Crippen LogP contribution in [0, 0.1) is 6.92 Å². The van der Waals surface area contributed by atoms with Crippen molar-refractivity contribution in [3.63, 3.8) is 0 Å². The molecule has 0 radical (unpaired) electrons. The van der Waals surface area contributed by atoms with Gasteiger partial charge < -0.3 is 9.88 Å². The number of pyridine rings is 1. The number of hydrogen-bond acceptors (Lipinski definition) is 2. The van der Waals surface area contributed by atoms with Gasteiger partial charge in [-0.15, -0.1) is 0 Å². The topological polar surface area (TPSA) is 29.9 Å². The van der Waals surface area contributed by atoms with E-state index in [-0.39, 0.29) is 0 Å². The van der Waals surface area contributed by atoms with Crippen LogP contribution in [-0.2, 0) is 6.54 Å². The summed E-state index contributed by atoms with van der Waals surface area (Å²) in [7, 11) is 0. The molecule has 0 aliphatic carbocycles. The van der Waals surface area contributed by atoms with E-state index in [4.69, 9.17) is 0 Å². The van der Waals surface area contributed by atoms with Gasteiger partial charge in [0, 0.05) is 24.6 Å². The van der Waals surface area contributed by atoms with Gasteiger partial charge in [-0.3, -0.25) is 4.98 Å². The molecule has 108 valence electrons. The minimum Gasteiger partial charge on any atom is -0.348 e.